The van der Waals surface area contributed by atoms with Crippen molar-refractivity contribution >= 4 is 17.5 Å². The summed E-state index contributed by atoms with van der Waals surface area (Å²) in [6.07, 6.45) is 5.15. The minimum atomic E-state index is -0.738. The first-order valence-electron chi connectivity index (χ1n) is 7.74. The molecule has 1 amide bonds. The molecule has 23 heavy (non-hydrogen) atoms. The van der Waals surface area contributed by atoms with Gasteiger partial charge in [0.1, 0.15) is 0 Å². The highest BCUT2D eigenvalue weighted by atomic mass is 35.5. The Morgan fingerprint density at radius 2 is 2.04 bits per heavy atom. The predicted octanol–water partition coefficient (Wildman–Crippen LogP) is 3.01. The maximum atomic E-state index is 12.7. The Bertz CT molecular complexity index is 686. The maximum absolute atomic E-state index is 12.7. The molecular formula is C18H19ClN2O2. The SMILES string of the molecule is O=C(NCC(O)c1ccncc1)C1(c2cccc(Cl)c2)CCC1. The molecule has 1 fully saturated rings. The van der Waals surface area contributed by atoms with Gasteiger partial charge in [-0.25, -0.2) is 0 Å². The molecule has 1 aliphatic carbocycles. The van der Waals surface area contributed by atoms with E-state index in [2.05, 4.69) is 10.3 Å². The lowest BCUT2D eigenvalue weighted by atomic mass is 9.64. The van der Waals surface area contributed by atoms with E-state index in [0.717, 1.165) is 30.4 Å². The van der Waals surface area contributed by atoms with Crippen LogP contribution in [-0.2, 0) is 10.2 Å². The predicted molar refractivity (Wildman–Crippen MR) is 89.2 cm³/mol. The van der Waals surface area contributed by atoms with Crippen molar-refractivity contribution in [2.75, 3.05) is 6.54 Å². The van der Waals surface area contributed by atoms with E-state index in [0.29, 0.717) is 5.02 Å². The maximum Gasteiger partial charge on any atom is 0.230 e. The average Bonchev–Trinajstić information content (AvgIpc) is 2.52. The van der Waals surface area contributed by atoms with Gasteiger partial charge >= 0.3 is 0 Å². The minimum absolute atomic E-state index is 0.0425. The number of hydrogen-bond acceptors (Lipinski definition) is 3. The van der Waals surface area contributed by atoms with Crippen LogP contribution < -0.4 is 5.32 Å². The number of rotatable bonds is 5. The van der Waals surface area contributed by atoms with Gasteiger partial charge in [0, 0.05) is 24.0 Å². The fraction of sp³-hybridized carbons (Fsp3) is 0.333. The Balaban J connectivity index is 1.69. The van der Waals surface area contributed by atoms with Crippen LogP contribution in [0.4, 0.5) is 0 Å². The second-order valence-electron chi connectivity index (χ2n) is 5.95. The highest BCUT2D eigenvalue weighted by molar-refractivity contribution is 6.30. The fourth-order valence-electron chi connectivity index (χ4n) is 3.03. The monoisotopic (exact) mass is 330 g/mol. The molecule has 1 aromatic heterocycles. The Labute approximate surface area is 140 Å². The van der Waals surface area contributed by atoms with E-state index < -0.39 is 11.5 Å². The summed E-state index contributed by atoms with van der Waals surface area (Å²) < 4.78 is 0. The first kappa shape index (κ1) is 16.0. The molecule has 1 atom stereocenters. The summed E-state index contributed by atoms with van der Waals surface area (Å²) in [7, 11) is 0. The van der Waals surface area contributed by atoms with Gasteiger partial charge in [0.05, 0.1) is 11.5 Å². The molecule has 3 rings (SSSR count). The fourth-order valence-corrected chi connectivity index (χ4v) is 3.22. The molecule has 2 N–H and O–H groups in total. The summed E-state index contributed by atoms with van der Waals surface area (Å²) in [5.41, 5.74) is 1.18. The largest absolute Gasteiger partial charge is 0.387 e. The lowest BCUT2D eigenvalue weighted by Gasteiger charge is -2.41. The van der Waals surface area contributed by atoms with Crippen molar-refractivity contribution in [2.24, 2.45) is 0 Å². The van der Waals surface area contributed by atoms with Crippen LogP contribution in [0.15, 0.2) is 48.8 Å². The number of aromatic nitrogens is 1. The summed E-state index contributed by atoms with van der Waals surface area (Å²) in [5.74, 6) is -0.0425. The van der Waals surface area contributed by atoms with E-state index in [9.17, 15) is 9.90 Å². The van der Waals surface area contributed by atoms with Gasteiger partial charge in [-0.05, 0) is 48.2 Å². The van der Waals surface area contributed by atoms with E-state index in [1.54, 1.807) is 24.5 Å². The van der Waals surface area contributed by atoms with E-state index in [1.807, 2.05) is 24.3 Å². The van der Waals surface area contributed by atoms with E-state index in [1.165, 1.54) is 0 Å². The van der Waals surface area contributed by atoms with Gasteiger partial charge in [-0.2, -0.15) is 0 Å². The topological polar surface area (TPSA) is 62.2 Å². The third kappa shape index (κ3) is 3.23. The highest BCUT2D eigenvalue weighted by Crippen LogP contribution is 2.44. The van der Waals surface area contributed by atoms with Crippen molar-refractivity contribution in [2.45, 2.75) is 30.8 Å². The van der Waals surface area contributed by atoms with Crippen molar-refractivity contribution in [3.8, 4) is 0 Å². The van der Waals surface area contributed by atoms with Crippen LogP contribution in [0.2, 0.25) is 5.02 Å². The van der Waals surface area contributed by atoms with E-state index >= 15 is 0 Å². The van der Waals surface area contributed by atoms with Crippen LogP contribution >= 0.6 is 11.6 Å². The minimum Gasteiger partial charge on any atom is -0.387 e. The number of nitrogens with zero attached hydrogens (tertiary/aromatic N) is 1. The number of hydrogen-bond donors (Lipinski definition) is 2. The number of aliphatic hydroxyl groups excluding tert-OH is 1. The molecule has 2 aromatic rings. The van der Waals surface area contributed by atoms with Crippen LogP contribution in [0.25, 0.3) is 0 Å². The van der Waals surface area contributed by atoms with Crippen LogP contribution in [0.5, 0.6) is 0 Å². The molecule has 0 aliphatic heterocycles. The number of amides is 1. The number of aliphatic hydroxyl groups is 1. The summed E-state index contributed by atoms with van der Waals surface area (Å²) in [5, 5.41) is 13.7. The first-order valence-corrected chi connectivity index (χ1v) is 8.12. The van der Waals surface area contributed by atoms with Gasteiger partial charge in [-0.1, -0.05) is 30.2 Å². The zero-order valence-electron chi connectivity index (χ0n) is 12.7. The summed E-state index contributed by atoms with van der Waals surface area (Å²) in [6, 6.07) is 11.0. The van der Waals surface area contributed by atoms with Crippen molar-refractivity contribution in [3.05, 3.63) is 64.9 Å². The molecule has 1 aliphatic rings. The van der Waals surface area contributed by atoms with Crippen LogP contribution in [0.1, 0.15) is 36.5 Å². The lowest BCUT2D eigenvalue weighted by Crippen LogP contribution is -2.50. The second-order valence-corrected chi connectivity index (χ2v) is 6.39. The molecule has 0 radical (unpaired) electrons. The Morgan fingerprint density at radius 3 is 2.65 bits per heavy atom. The number of nitrogens with one attached hydrogen (secondary N) is 1. The number of carbonyl (C=O) groups excluding carboxylic acids is 1. The smallest absolute Gasteiger partial charge is 0.230 e. The van der Waals surface area contributed by atoms with Crippen molar-refractivity contribution in [1.29, 1.82) is 0 Å². The molecule has 4 nitrogen and oxygen atoms in total. The second kappa shape index (κ2) is 6.69. The molecular weight excluding hydrogens is 312 g/mol. The van der Waals surface area contributed by atoms with Crippen LogP contribution in [-0.4, -0.2) is 22.5 Å². The Morgan fingerprint density at radius 1 is 1.30 bits per heavy atom. The Kier molecular flexibility index (Phi) is 4.64. The zero-order valence-corrected chi connectivity index (χ0v) is 13.5. The number of benzene rings is 1. The molecule has 1 unspecified atom stereocenters. The van der Waals surface area contributed by atoms with E-state index in [-0.39, 0.29) is 12.5 Å². The normalized spacial score (nSPS) is 17.1. The van der Waals surface area contributed by atoms with E-state index in [4.69, 9.17) is 11.6 Å². The zero-order chi connectivity index (χ0) is 16.3. The van der Waals surface area contributed by atoms with Crippen molar-refractivity contribution in [3.63, 3.8) is 0 Å². The van der Waals surface area contributed by atoms with Crippen molar-refractivity contribution < 1.29 is 9.90 Å². The Hall–Kier alpha value is -1.91. The molecule has 5 heteroatoms. The van der Waals surface area contributed by atoms with Gasteiger partial charge in [-0.15, -0.1) is 0 Å². The summed E-state index contributed by atoms with van der Waals surface area (Å²) in [4.78, 5) is 16.6. The van der Waals surface area contributed by atoms with Gasteiger partial charge in [0.15, 0.2) is 0 Å². The van der Waals surface area contributed by atoms with Gasteiger partial charge < -0.3 is 10.4 Å². The average molecular weight is 331 g/mol. The quantitative estimate of drug-likeness (QED) is 0.886. The molecule has 0 saturated heterocycles. The molecule has 1 heterocycles. The number of halogens is 1. The molecule has 0 spiro atoms. The third-order valence-corrected chi connectivity index (χ3v) is 4.80. The molecule has 1 aromatic carbocycles. The number of pyridine rings is 1. The van der Waals surface area contributed by atoms with Crippen LogP contribution in [0, 0.1) is 0 Å². The number of carbonyl (C=O) groups is 1. The van der Waals surface area contributed by atoms with Crippen LogP contribution in [0.3, 0.4) is 0 Å². The third-order valence-electron chi connectivity index (χ3n) is 4.57. The van der Waals surface area contributed by atoms with Gasteiger partial charge in [0.25, 0.3) is 0 Å². The summed E-state index contributed by atoms with van der Waals surface area (Å²) >= 11 is 6.07. The molecule has 0 bridgehead atoms. The van der Waals surface area contributed by atoms with Gasteiger partial charge in [-0.3, -0.25) is 9.78 Å². The van der Waals surface area contributed by atoms with Gasteiger partial charge in [0.2, 0.25) is 5.91 Å². The van der Waals surface area contributed by atoms with Crippen molar-refractivity contribution in [1.82, 2.24) is 10.3 Å². The molecule has 120 valence electrons. The first-order chi connectivity index (χ1) is 11.1. The summed E-state index contributed by atoms with van der Waals surface area (Å²) in [6.45, 7) is 0.186. The lowest BCUT2D eigenvalue weighted by molar-refractivity contribution is -0.130. The highest BCUT2D eigenvalue weighted by Gasteiger charge is 2.45. The molecule has 1 saturated carbocycles. The standard InChI is InChI=1S/C18H19ClN2O2/c19-15-4-1-3-14(11-15)18(7-2-8-18)17(23)21-12-16(22)13-5-9-20-10-6-13/h1,3-6,9-11,16,22H,2,7-8,12H2,(H,21,23).